The van der Waals surface area contributed by atoms with Crippen LogP contribution in [0.25, 0.3) is 0 Å². The molecular weight excluding hydrogens is 409 g/mol. The van der Waals surface area contributed by atoms with Crippen LogP contribution in [0.3, 0.4) is 0 Å². The number of halogens is 4. The number of alkyl halides is 3. The van der Waals surface area contributed by atoms with Gasteiger partial charge in [0.25, 0.3) is 5.91 Å². The maximum atomic E-state index is 13.8. The minimum Gasteiger partial charge on any atom is -0.467 e. The van der Waals surface area contributed by atoms with Gasteiger partial charge in [0.1, 0.15) is 16.6 Å². The topological polar surface area (TPSA) is 63.3 Å². The van der Waals surface area contributed by atoms with Crippen molar-refractivity contribution in [2.75, 3.05) is 12.4 Å². The van der Waals surface area contributed by atoms with Crippen LogP contribution in [0.4, 0.5) is 19.0 Å². The van der Waals surface area contributed by atoms with Crippen LogP contribution in [0.5, 0.6) is 0 Å². The van der Waals surface area contributed by atoms with E-state index >= 15 is 0 Å². The summed E-state index contributed by atoms with van der Waals surface area (Å²) >= 11 is 6.37. The molecule has 1 amide bonds. The molecule has 1 N–H and O–H groups in total. The minimum atomic E-state index is -4.55. The van der Waals surface area contributed by atoms with Gasteiger partial charge in [-0.15, -0.1) is 0 Å². The van der Waals surface area contributed by atoms with Gasteiger partial charge in [-0.2, -0.15) is 18.3 Å². The van der Waals surface area contributed by atoms with Crippen molar-refractivity contribution in [2.45, 2.75) is 62.8 Å². The highest BCUT2D eigenvalue weighted by atomic mass is 35.5. The lowest BCUT2D eigenvalue weighted by molar-refractivity contribution is -0.174. The van der Waals surface area contributed by atoms with Gasteiger partial charge in [-0.05, 0) is 25.0 Å². The molecule has 10 heteroatoms. The summed E-state index contributed by atoms with van der Waals surface area (Å²) in [6.45, 7) is 0. The average molecular weight is 431 g/mol. The fraction of sp³-hybridized carbons (Fsp3) is 0.579. The molecule has 0 aromatic carbocycles. The van der Waals surface area contributed by atoms with Crippen molar-refractivity contribution in [3.63, 3.8) is 0 Å². The first-order valence-electron chi connectivity index (χ1n) is 9.69. The zero-order valence-electron chi connectivity index (χ0n) is 15.9. The zero-order valence-corrected chi connectivity index (χ0v) is 16.6. The first-order chi connectivity index (χ1) is 13.8. The van der Waals surface area contributed by atoms with Gasteiger partial charge in [0.05, 0.1) is 12.3 Å². The number of aromatic nitrogens is 2. The molecule has 2 aromatic rings. The molecule has 1 aliphatic carbocycles. The second-order valence-electron chi connectivity index (χ2n) is 7.67. The van der Waals surface area contributed by atoms with Crippen molar-refractivity contribution in [1.29, 1.82) is 0 Å². The quantitative estimate of drug-likeness (QED) is 0.727. The molecule has 6 nitrogen and oxygen atoms in total. The summed E-state index contributed by atoms with van der Waals surface area (Å²) in [4.78, 5) is 14.5. The average Bonchev–Trinajstić information content (AvgIpc) is 3.35. The molecule has 2 aromatic heterocycles. The molecule has 4 rings (SSSR count). The summed E-state index contributed by atoms with van der Waals surface area (Å²) in [5, 5.41) is 6.88. The summed E-state index contributed by atoms with van der Waals surface area (Å²) in [5.74, 6) is -0.0990. The van der Waals surface area contributed by atoms with E-state index in [0.29, 0.717) is 5.76 Å². The number of hydrogen-bond donors (Lipinski definition) is 1. The van der Waals surface area contributed by atoms with Crippen LogP contribution in [-0.4, -0.2) is 39.9 Å². The molecule has 1 fully saturated rings. The van der Waals surface area contributed by atoms with Crippen molar-refractivity contribution < 1.29 is 22.4 Å². The van der Waals surface area contributed by atoms with E-state index in [1.807, 2.05) is 0 Å². The molecule has 0 bridgehead atoms. The molecule has 158 valence electrons. The van der Waals surface area contributed by atoms with Gasteiger partial charge in [-0.3, -0.25) is 4.79 Å². The Bertz CT molecular complexity index is 875. The number of nitrogens with one attached hydrogen (secondary N) is 1. The second kappa shape index (κ2) is 7.59. The summed E-state index contributed by atoms with van der Waals surface area (Å²) < 4.78 is 47.4. The Morgan fingerprint density at radius 2 is 2.07 bits per heavy atom. The fourth-order valence-corrected chi connectivity index (χ4v) is 4.46. The third-order valence-corrected chi connectivity index (χ3v) is 6.19. The molecule has 1 saturated carbocycles. The van der Waals surface area contributed by atoms with Crippen LogP contribution in [-0.2, 0) is 0 Å². The third-order valence-electron chi connectivity index (χ3n) is 5.83. The first-order valence-corrected chi connectivity index (χ1v) is 10.1. The van der Waals surface area contributed by atoms with Crippen LogP contribution < -0.4 is 5.32 Å². The first kappa shape index (κ1) is 20.1. The van der Waals surface area contributed by atoms with E-state index in [2.05, 4.69) is 10.4 Å². The minimum absolute atomic E-state index is 0.0120. The smallest absolute Gasteiger partial charge is 0.410 e. The maximum absolute atomic E-state index is 13.8. The Labute approximate surface area is 171 Å². The Hall–Kier alpha value is -2.16. The molecule has 1 aliphatic heterocycles. The van der Waals surface area contributed by atoms with Crippen LogP contribution in [0.1, 0.15) is 66.9 Å². The lowest BCUT2D eigenvalue weighted by Crippen LogP contribution is -2.39. The number of amides is 1. The Balaban J connectivity index is 1.68. The van der Waals surface area contributed by atoms with Crippen LogP contribution in [0, 0.1) is 0 Å². The van der Waals surface area contributed by atoms with Crippen molar-refractivity contribution >= 4 is 23.3 Å². The number of fused-ring (bicyclic) bond motifs is 1. The number of carbonyl (C=O) groups is 1. The number of furan rings is 1. The van der Waals surface area contributed by atoms with Crippen LogP contribution >= 0.6 is 11.6 Å². The summed E-state index contributed by atoms with van der Waals surface area (Å²) in [7, 11) is 1.66. The Morgan fingerprint density at radius 3 is 2.69 bits per heavy atom. The third kappa shape index (κ3) is 3.72. The normalized spacial score (nSPS) is 22.8. The highest BCUT2D eigenvalue weighted by molar-refractivity contribution is 6.36. The van der Waals surface area contributed by atoms with Gasteiger partial charge >= 0.3 is 6.18 Å². The standard InChI is InChI=1S/C19H22ClF3N4O2/c1-26(11-6-3-2-4-7-11)18(28)16-15(20)17-24-12(13-8-5-9-29-13)10-14(19(21,22)23)27(17)25-16/h5,8-9,11-12,14,24H,2-4,6-7,10H2,1H3/t12-,14-/m1/s1. The molecule has 2 aliphatic rings. The van der Waals surface area contributed by atoms with Crippen LogP contribution in [0.2, 0.25) is 5.02 Å². The molecule has 0 radical (unpaired) electrons. The van der Waals surface area contributed by atoms with Crippen molar-refractivity contribution in [3.8, 4) is 0 Å². The molecule has 3 heterocycles. The molecule has 29 heavy (non-hydrogen) atoms. The van der Waals surface area contributed by atoms with E-state index in [4.69, 9.17) is 16.0 Å². The highest BCUT2D eigenvalue weighted by Gasteiger charge is 2.48. The number of carbonyl (C=O) groups excluding carboxylic acids is 1. The van der Waals surface area contributed by atoms with E-state index in [-0.39, 0.29) is 29.0 Å². The second-order valence-corrected chi connectivity index (χ2v) is 8.05. The van der Waals surface area contributed by atoms with Gasteiger partial charge in [0.15, 0.2) is 11.7 Å². The maximum Gasteiger partial charge on any atom is 0.410 e. The highest BCUT2D eigenvalue weighted by Crippen LogP contribution is 2.46. The summed E-state index contributed by atoms with van der Waals surface area (Å²) in [6.07, 6.45) is 1.47. The number of hydrogen-bond acceptors (Lipinski definition) is 4. The largest absolute Gasteiger partial charge is 0.467 e. The molecule has 2 atom stereocenters. The van der Waals surface area contributed by atoms with E-state index in [0.717, 1.165) is 36.8 Å². The Kier molecular flexibility index (Phi) is 5.27. The van der Waals surface area contributed by atoms with Crippen molar-refractivity contribution in [2.24, 2.45) is 0 Å². The monoisotopic (exact) mass is 430 g/mol. The van der Waals surface area contributed by atoms with E-state index < -0.39 is 24.2 Å². The fourth-order valence-electron chi connectivity index (χ4n) is 4.20. The predicted octanol–water partition coefficient (Wildman–Crippen LogP) is 5.19. The van der Waals surface area contributed by atoms with E-state index in [1.54, 1.807) is 24.1 Å². The van der Waals surface area contributed by atoms with Gasteiger partial charge in [0.2, 0.25) is 0 Å². The van der Waals surface area contributed by atoms with Gasteiger partial charge in [-0.25, -0.2) is 4.68 Å². The SMILES string of the molecule is CN(C(=O)c1nn2c(c1Cl)N[C@@H](c1ccco1)C[C@@H]2C(F)(F)F)C1CCCCC1. The lowest BCUT2D eigenvalue weighted by Gasteiger charge is -2.32. The van der Waals surface area contributed by atoms with Crippen molar-refractivity contribution in [3.05, 3.63) is 34.9 Å². The molecule has 0 spiro atoms. The van der Waals surface area contributed by atoms with Gasteiger partial charge < -0.3 is 14.6 Å². The Morgan fingerprint density at radius 1 is 1.34 bits per heavy atom. The molecule has 0 unspecified atom stereocenters. The van der Waals surface area contributed by atoms with Crippen LogP contribution in [0.15, 0.2) is 22.8 Å². The summed E-state index contributed by atoms with van der Waals surface area (Å²) in [6, 6.07) is 0.633. The molecule has 0 saturated heterocycles. The van der Waals surface area contributed by atoms with Gasteiger partial charge in [0, 0.05) is 19.5 Å². The van der Waals surface area contributed by atoms with E-state index in [1.165, 1.54) is 6.26 Å². The summed E-state index contributed by atoms with van der Waals surface area (Å²) in [5.41, 5.74) is -0.156. The van der Waals surface area contributed by atoms with E-state index in [9.17, 15) is 18.0 Å². The predicted molar refractivity (Wildman–Crippen MR) is 101 cm³/mol. The number of anilines is 1. The molecular formula is C19H22ClF3N4O2. The lowest BCUT2D eigenvalue weighted by atomic mass is 9.94. The number of nitrogens with zero attached hydrogens (tertiary/aromatic N) is 3. The zero-order chi connectivity index (χ0) is 20.8. The van der Waals surface area contributed by atoms with Crippen molar-refractivity contribution in [1.82, 2.24) is 14.7 Å². The number of rotatable bonds is 3. The van der Waals surface area contributed by atoms with Gasteiger partial charge in [-0.1, -0.05) is 30.9 Å².